The molecule has 2 heterocycles. The van der Waals surface area contributed by atoms with E-state index < -0.39 is 34.9 Å². The smallest absolute Gasteiger partial charge is 0.393 e. The van der Waals surface area contributed by atoms with Gasteiger partial charge in [-0.2, -0.15) is 26.7 Å². The van der Waals surface area contributed by atoms with Crippen LogP contribution in [0.4, 0.5) is 24.5 Å². The SMILES string of the molecule is Cn1cc(N(C2CCOCC2)S(=O)(=O)/N=C(\[O-])Nc2cc(Cl)cc(CC(F)(F)F)c2)cn1. The highest BCUT2D eigenvalue weighted by Crippen LogP contribution is 2.28. The van der Waals surface area contributed by atoms with Crippen LogP contribution in [0.1, 0.15) is 18.4 Å². The van der Waals surface area contributed by atoms with Gasteiger partial charge in [0, 0.05) is 37.2 Å². The van der Waals surface area contributed by atoms with Crippen molar-refractivity contribution in [1.82, 2.24) is 9.78 Å². The van der Waals surface area contributed by atoms with E-state index >= 15 is 0 Å². The molecule has 14 heteroatoms. The van der Waals surface area contributed by atoms with Gasteiger partial charge in [-0.05, 0) is 36.6 Å². The molecule has 0 amide bonds. The molecule has 1 aliphatic heterocycles. The van der Waals surface area contributed by atoms with E-state index in [-0.39, 0.29) is 22.0 Å². The number of hydrogen-bond acceptors (Lipinski definition) is 5. The van der Waals surface area contributed by atoms with Gasteiger partial charge in [0.25, 0.3) is 0 Å². The van der Waals surface area contributed by atoms with Crippen molar-refractivity contribution >= 4 is 39.2 Å². The average Bonchev–Trinajstić information content (AvgIpc) is 3.05. The monoisotopic (exact) mass is 494 g/mol. The summed E-state index contributed by atoms with van der Waals surface area (Å²) in [6, 6.07) is 1.58. The quantitative estimate of drug-likeness (QED) is 0.487. The second-order valence-electron chi connectivity index (χ2n) is 7.15. The second kappa shape index (κ2) is 9.55. The van der Waals surface area contributed by atoms with Crippen LogP contribution in [0, 0.1) is 0 Å². The molecule has 1 aromatic carbocycles. The Balaban J connectivity index is 1.87. The Labute approximate surface area is 187 Å². The maximum Gasteiger partial charge on any atom is 0.393 e. The van der Waals surface area contributed by atoms with Gasteiger partial charge in [-0.3, -0.25) is 4.68 Å². The second-order valence-corrected chi connectivity index (χ2v) is 9.06. The summed E-state index contributed by atoms with van der Waals surface area (Å²) in [7, 11) is -2.89. The molecule has 176 valence electrons. The number of rotatable bonds is 6. The molecule has 1 aromatic heterocycles. The molecular weight excluding hydrogens is 475 g/mol. The number of hydrogen-bond donors (Lipinski definition) is 1. The first-order chi connectivity index (χ1) is 14.9. The highest BCUT2D eigenvalue weighted by molar-refractivity contribution is 7.91. The lowest BCUT2D eigenvalue weighted by molar-refractivity contribution is -0.213. The Morgan fingerprint density at radius 1 is 1.38 bits per heavy atom. The fourth-order valence-electron chi connectivity index (χ4n) is 3.33. The molecule has 0 radical (unpaired) electrons. The predicted molar refractivity (Wildman–Crippen MR) is 111 cm³/mol. The molecule has 3 rings (SSSR count). The van der Waals surface area contributed by atoms with Crippen molar-refractivity contribution in [3.63, 3.8) is 0 Å². The number of nitrogens with one attached hydrogen (secondary N) is 1. The Morgan fingerprint density at radius 2 is 2.06 bits per heavy atom. The Morgan fingerprint density at radius 3 is 2.66 bits per heavy atom. The van der Waals surface area contributed by atoms with E-state index in [0.717, 1.165) is 16.4 Å². The van der Waals surface area contributed by atoms with Gasteiger partial charge in [-0.25, -0.2) is 4.31 Å². The predicted octanol–water partition coefficient (Wildman–Crippen LogP) is 2.24. The van der Waals surface area contributed by atoms with E-state index in [1.807, 2.05) is 0 Å². The van der Waals surface area contributed by atoms with Crippen LogP contribution in [0.3, 0.4) is 0 Å². The molecular formula is C18H20ClF3N5O4S-. The van der Waals surface area contributed by atoms with Crippen LogP contribution < -0.4 is 14.7 Å². The maximum absolute atomic E-state index is 13.0. The maximum atomic E-state index is 13.0. The minimum absolute atomic E-state index is 0.0518. The fourth-order valence-corrected chi connectivity index (χ4v) is 4.87. The van der Waals surface area contributed by atoms with Crippen molar-refractivity contribution in [1.29, 1.82) is 0 Å². The number of aromatic nitrogens is 2. The van der Waals surface area contributed by atoms with E-state index in [1.165, 1.54) is 23.1 Å². The molecule has 0 saturated carbocycles. The molecule has 1 aliphatic rings. The lowest BCUT2D eigenvalue weighted by atomic mass is 10.1. The molecule has 32 heavy (non-hydrogen) atoms. The zero-order valence-electron chi connectivity index (χ0n) is 16.8. The van der Waals surface area contributed by atoms with Crippen molar-refractivity contribution in [2.24, 2.45) is 11.4 Å². The lowest BCUT2D eigenvalue weighted by Gasteiger charge is -2.32. The molecule has 1 N–H and O–H groups in total. The van der Waals surface area contributed by atoms with Gasteiger partial charge in [-0.15, -0.1) is 4.40 Å². The van der Waals surface area contributed by atoms with Crippen LogP contribution in [-0.4, -0.2) is 49.7 Å². The zero-order valence-corrected chi connectivity index (χ0v) is 18.4. The first-order valence-corrected chi connectivity index (χ1v) is 11.2. The molecule has 0 unspecified atom stereocenters. The van der Waals surface area contributed by atoms with Crippen LogP contribution in [-0.2, 0) is 28.4 Å². The van der Waals surface area contributed by atoms with Gasteiger partial charge in [0.05, 0.1) is 30.4 Å². The topological polar surface area (TPSA) is 112 Å². The van der Waals surface area contributed by atoms with Gasteiger partial charge in [-0.1, -0.05) is 11.6 Å². The van der Waals surface area contributed by atoms with Crippen LogP contribution >= 0.6 is 11.6 Å². The van der Waals surface area contributed by atoms with E-state index in [2.05, 4.69) is 14.8 Å². The highest BCUT2D eigenvalue weighted by Gasteiger charge is 2.32. The Hall–Kier alpha value is -2.51. The van der Waals surface area contributed by atoms with Crippen molar-refractivity contribution < 1.29 is 31.4 Å². The van der Waals surface area contributed by atoms with Crippen LogP contribution in [0.2, 0.25) is 5.02 Å². The molecule has 1 saturated heterocycles. The summed E-state index contributed by atoms with van der Waals surface area (Å²) >= 11 is 5.83. The number of alkyl halides is 3. The van der Waals surface area contributed by atoms with Crippen molar-refractivity contribution in [3.8, 4) is 0 Å². The minimum Gasteiger partial charge on any atom is -0.845 e. The van der Waals surface area contributed by atoms with Gasteiger partial charge in [0.2, 0.25) is 0 Å². The third kappa shape index (κ3) is 6.50. The van der Waals surface area contributed by atoms with E-state index in [4.69, 9.17) is 16.3 Å². The van der Waals surface area contributed by atoms with Crippen LogP contribution in [0.15, 0.2) is 35.0 Å². The average molecular weight is 495 g/mol. The lowest BCUT2D eigenvalue weighted by Crippen LogP contribution is -2.44. The number of amidine groups is 1. The molecule has 1 fully saturated rings. The standard InChI is InChI=1S/C18H21ClF3N5O4S/c1-26-11-16(10-23-26)27(15-2-4-31-5-3-15)32(29,30)25-17(28)24-14-7-12(6-13(19)8-14)9-18(20,21)22/h6-8,10-11,15H,2-5,9H2,1H3,(H2,24,25,28)/p-1. The number of nitrogens with zero attached hydrogens (tertiary/aromatic N) is 4. The van der Waals surface area contributed by atoms with Crippen molar-refractivity contribution in [2.75, 3.05) is 22.8 Å². The van der Waals surface area contributed by atoms with Gasteiger partial charge in [0.1, 0.15) is 0 Å². The van der Waals surface area contributed by atoms with E-state index in [0.29, 0.717) is 26.1 Å². The third-order valence-electron chi connectivity index (χ3n) is 4.53. The first-order valence-electron chi connectivity index (χ1n) is 9.44. The summed E-state index contributed by atoms with van der Waals surface area (Å²) in [6.45, 7) is 0.682. The summed E-state index contributed by atoms with van der Waals surface area (Å²) in [5.41, 5.74) is -0.0757. The third-order valence-corrected chi connectivity index (χ3v) is 6.15. The Bertz CT molecular complexity index is 1080. The number of anilines is 2. The highest BCUT2D eigenvalue weighted by atomic mass is 35.5. The summed E-state index contributed by atoms with van der Waals surface area (Å²) < 4.78 is 75.0. The van der Waals surface area contributed by atoms with Gasteiger partial charge in [0.15, 0.2) is 0 Å². The number of benzene rings is 1. The molecule has 0 spiro atoms. The zero-order chi connectivity index (χ0) is 23.5. The van der Waals surface area contributed by atoms with Crippen molar-refractivity contribution in [3.05, 3.63) is 41.2 Å². The Kier molecular flexibility index (Phi) is 7.20. The summed E-state index contributed by atoms with van der Waals surface area (Å²) in [5, 5.41) is 18.5. The van der Waals surface area contributed by atoms with Crippen LogP contribution in [0.25, 0.3) is 0 Å². The summed E-state index contributed by atoms with van der Waals surface area (Å²) in [6.07, 6.45) is -2.15. The molecule has 9 nitrogen and oxygen atoms in total. The van der Waals surface area contributed by atoms with Gasteiger partial charge >= 0.3 is 16.4 Å². The molecule has 0 bridgehead atoms. The molecule has 2 aromatic rings. The number of ether oxygens (including phenoxy) is 1. The van der Waals surface area contributed by atoms with Crippen molar-refractivity contribution in [2.45, 2.75) is 31.5 Å². The normalized spacial score (nSPS) is 16.2. The van der Waals surface area contributed by atoms with Crippen LogP contribution in [0.5, 0.6) is 0 Å². The largest absolute Gasteiger partial charge is 0.845 e. The minimum atomic E-state index is -4.51. The summed E-state index contributed by atoms with van der Waals surface area (Å²) in [5.74, 6) is 0. The first kappa shape index (κ1) is 24.1. The van der Waals surface area contributed by atoms with E-state index in [1.54, 1.807) is 7.05 Å². The van der Waals surface area contributed by atoms with E-state index in [9.17, 15) is 26.7 Å². The molecule has 0 atom stereocenters. The number of aryl methyl sites for hydroxylation is 1. The summed E-state index contributed by atoms with van der Waals surface area (Å²) in [4.78, 5) is 0. The van der Waals surface area contributed by atoms with Gasteiger partial charge < -0.3 is 15.2 Å². The fraction of sp³-hybridized carbons (Fsp3) is 0.444. The number of halogens is 4. The molecule has 0 aliphatic carbocycles.